The maximum absolute atomic E-state index is 12.1. The number of amides is 1. The van der Waals surface area contributed by atoms with Gasteiger partial charge in [-0.25, -0.2) is 0 Å². The van der Waals surface area contributed by atoms with Crippen molar-refractivity contribution >= 4 is 57.5 Å². The van der Waals surface area contributed by atoms with E-state index in [1.54, 1.807) is 7.05 Å². The van der Waals surface area contributed by atoms with Crippen molar-refractivity contribution in [3.63, 3.8) is 0 Å². The van der Waals surface area contributed by atoms with Crippen LogP contribution in [-0.2, 0) is 11.3 Å². The fourth-order valence-electron chi connectivity index (χ4n) is 2.35. The van der Waals surface area contributed by atoms with E-state index in [2.05, 4.69) is 55.9 Å². The van der Waals surface area contributed by atoms with Gasteiger partial charge in [0.2, 0.25) is 5.91 Å². The standard InChI is InChI=1S/C19H26BrN5O2.HI/c1-12(2)17-10-15(27-25-17)11-23-19(21-4)22-8-7-18(26)24-16-6-5-14(20)9-13(16)3;/h5-6,9-10,12H,7-8,11H2,1-4H3,(H,24,26)(H2,21,22,23);1H. The van der Waals surface area contributed by atoms with Gasteiger partial charge in [-0.1, -0.05) is 34.9 Å². The summed E-state index contributed by atoms with van der Waals surface area (Å²) >= 11 is 3.41. The largest absolute Gasteiger partial charge is 0.359 e. The van der Waals surface area contributed by atoms with Gasteiger partial charge in [-0.3, -0.25) is 9.79 Å². The lowest BCUT2D eigenvalue weighted by atomic mass is 10.1. The Kier molecular flexibility index (Phi) is 10.5. The quantitative estimate of drug-likeness (QED) is 0.267. The number of anilines is 1. The zero-order valence-corrected chi connectivity index (χ0v) is 20.4. The molecule has 0 saturated carbocycles. The third-order valence-corrected chi connectivity index (χ3v) is 4.42. The number of benzene rings is 1. The van der Waals surface area contributed by atoms with Crippen LogP contribution < -0.4 is 16.0 Å². The van der Waals surface area contributed by atoms with Crippen LogP contribution in [0.25, 0.3) is 0 Å². The molecule has 0 unspecified atom stereocenters. The number of nitrogens with one attached hydrogen (secondary N) is 3. The third-order valence-electron chi connectivity index (χ3n) is 3.93. The molecule has 0 aliphatic heterocycles. The second-order valence-corrected chi connectivity index (χ2v) is 7.40. The number of guanidine groups is 1. The van der Waals surface area contributed by atoms with Crippen LogP contribution in [0, 0.1) is 6.92 Å². The van der Waals surface area contributed by atoms with Gasteiger partial charge < -0.3 is 20.5 Å². The molecule has 0 bridgehead atoms. The number of hydrogen-bond acceptors (Lipinski definition) is 4. The Balaban J connectivity index is 0.00000392. The van der Waals surface area contributed by atoms with E-state index in [1.165, 1.54) is 0 Å². The topological polar surface area (TPSA) is 91.5 Å². The minimum absolute atomic E-state index is 0. The fourth-order valence-corrected chi connectivity index (χ4v) is 2.83. The van der Waals surface area contributed by atoms with Crippen molar-refractivity contribution < 1.29 is 9.32 Å². The van der Waals surface area contributed by atoms with Crippen LogP contribution in [0.1, 0.15) is 43.2 Å². The smallest absolute Gasteiger partial charge is 0.226 e. The normalized spacial score (nSPS) is 11.1. The van der Waals surface area contributed by atoms with Crippen LogP contribution in [0.2, 0.25) is 0 Å². The maximum atomic E-state index is 12.1. The number of carbonyl (C=O) groups excluding carboxylic acids is 1. The molecule has 0 atom stereocenters. The molecule has 28 heavy (non-hydrogen) atoms. The highest BCUT2D eigenvalue weighted by atomic mass is 127. The van der Waals surface area contributed by atoms with Crippen molar-refractivity contribution in [2.45, 2.75) is 39.7 Å². The van der Waals surface area contributed by atoms with Gasteiger partial charge in [-0.15, -0.1) is 24.0 Å². The molecule has 9 heteroatoms. The van der Waals surface area contributed by atoms with E-state index in [1.807, 2.05) is 31.2 Å². The van der Waals surface area contributed by atoms with E-state index in [4.69, 9.17) is 4.52 Å². The van der Waals surface area contributed by atoms with Crippen molar-refractivity contribution in [2.75, 3.05) is 18.9 Å². The first kappa shape index (κ1) is 24.4. The van der Waals surface area contributed by atoms with Crippen molar-refractivity contribution in [2.24, 2.45) is 4.99 Å². The number of hydrogen-bond donors (Lipinski definition) is 3. The van der Waals surface area contributed by atoms with E-state index < -0.39 is 0 Å². The zero-order valence-electron chi connectivity index (χ0n) is 16.5. The van der Waals surface area contributed by atoms with Gasteiger partial charge in [0.15, 0.2) is 11.7 Å². The van der Waals surface area contributed by atoms with Crippen molar-refractivity contribution in [3.8, 4) is 0 Å². The van der Waals surface area contributed by atoms with Gasteiger partial charge in [0.1, 0.15) is 0 Å². The molecular formula is C19H27BrIN5O2. The summed E-state index contributed by atoms with van der Waals surface area (Å²) < 4.78 is 6.27. The van der Waals surface area contributed by atoms with Gasteiger partial charge >= 0.3 is 0 Å². The molecule has 154 valence electrons. The molecule has 2 rings (SSSR count). The second kappa shape index (κ2) is 12.1. The van der Waals surface area contributed by atoms with Crippen molar-refractivity contribution in [1.82, 2.24) is 15.8 Å². The minimum atomic E-state index is -0.0554. The predicted octanol–water partition coefficient (Wildman–Crippen LogP) is 4.18. The Bertz CT molecular complexity index is 807. The summed E-state index contributed by atoms with van der Waals surface area (Å²) in [5.41, 5.74) is 2.75. The van der Waals surface area contributed by atoms with Crippen LogP contribution in [0.3, 0.4) is 0 Å². The summed E-state index contributed by atoms with van der Waals surface area (Å²) in [5.74, 6) is 1.61. The molecule has 0 fully saturated rings. The Morgan fingerprint density at radius 2 is 2.04 bits per heavy atom. The number of nitrogens with zero attached hydrogens (tertiary/aromatic N) is 2. The number of aryl methyl sites for hydroxylation is 1. The average molecular weight is 564 g/mol. The molecule has 1 amide bonds. The van der Waals surface area contributed by atoms with Crippen molar-refractivity contribution in [1.29, 1.82) is 0 Å². The van der Waals surface area contributed by atoms with Gasteiger partial charge in [0, 0.05) is 36.2 Å². The molecule has 2 aromatic rings. The average Bonchev–Trinajstić information content (AvgIpc) is 3.09. The lowest BCUT2D eigenvalue weighted by Gasteiger charge is -2.12. The van der Waals surface area contributed by atoms with E-state index in [-0.39, 0.29) is 29.9 Å². The molecule has 0 saturated heterocycles. The zero-order chi connectivity index (χ0) is 19.8. The third kappa shape index (κ3) is 7.78. The monoisotopic (exact) mass is 563 g/mol. The van der Waals surface area contributed by atoms with E-state index >= 15 is 0 Å². The van der Waals surface area contributed by atoms with E-state index in [0.717, 1.165) is 27.2 Å². The highest BCUT2D eigenvalue weighted by molar-refractivity contribution is 14.0. The second-order valence-electron chi connectivity index (χ2n) is 6.48. The van der Waals surface area contributed by atoms with Crippen LogP contribution in [0.15, 0.2) is 38.3 Å². The summed E-state index contributed by atoms with van der Waals surface area (Å²) in [4.78, 5) is 16.3. The summed E-state index contributed by atoms with van der Waals surface area (Å²) in [6, 6.07) is 7.68. The van der Waals surface area contributed by atoms with Crippen LogP contribution >= 0.6 is 39.9 Å². The number of halogens is 2. The van der Waals surface area contributed by atoms with Crippen LogP contribution in [0.5, 0.6) is 0 Å². The first-order chi connectivity index (χ1) is 12.9. The van der Waals surface area contributed by atoms with E-state index in [0.29, 0.717) is 31.4 Å². The fraction of sp³-hybridized carbons (Fsp3) is 0.421. The first-order valence-electron chi connectivity index (χ1n) is 8.85. The maximum Gasteiger partial charge on any atom is 0.226 e. The highest BCUT2D eigenvalue weighted by Crippen LogP contribution is 2.20. The Labute approximate surface area is 191 Å². The number of rotatable bonds is 7. The Morgan fingerprint density at radius 1 is 1.29 bits per heavy atom. The highest BCUT2D eigenvalue weighted by Gasteiger charge is 2.09. The van der Waals surface area contributed by atoms with Crippen LogP contribution in [0.4, 0.5) is 5.69 Å². The van der Waals surface area contributed by atoms with Gasteiger partial charge in [-0.05, 0) is 36.6 Å². The lowest BCUT2D eigenvalue weighted by Crippen LogP contribution is -2.38. The van der Waals surface area contributed by atoms with Gasteiger partial charge in [-0.2, -0.15) is 0 Å². The Morgan fingerprint density at radius 3 is 2.64 bits per heavy atom. The first-order valence-corrected chi connectivity index (χ1v) is 9.64. The molecule has 0 aliphatic carbocycles. The minimum Gasteiger partial charge on any atom is -0.359 e. The molecule has 1 aromatic carbocycles. The van der Waals surface area contributed by atoms with Crippen molar-refractivity contribution in [3.05, 3.63) is 45.8 Å². The lowest BCUT2D eigenvalue weighted by molar-refractivity contribution is -0.116. The number of carbonyl (C=O) groups is 1. The summed E-state index contributed by atoms with van der Waals surface area (Å²) in [6.07, 6.45) is 0.329. The molecular weight excluding hydrogens is 537 g/mol. The summed E-state index contributed by atoms with van der Waals surface area (Å²) in [6.45, 7) is 7.03. The number of aliphatic imine (C=N–C) groups is 1. The summed E-state index contributed by atoms with van der Waals surface area (Å²) in [7, 11) is 1.68. The molecule has 0 radical (unpaired) electrons. The molecule has 3 N–H and O–H groups in total. The number of aromatic nitrogens is 1. The van der Waals surface area contributed by atoms with E-state index in [9.17, 15) is 4.79 Å². The summed E-state index contributed by atoms with van der Waals surface area (Å²) in [5, 5.41) is 13.2. The predicted molar refractivity (Wildman–Crippen MR) is 126 cm³/mol. The molecule has 0 spiro atoms. The molecule has 0 aliphatic rings. The van der Waals surface area contributed by atoms with Gasteiger partial charge in [0.05, 0.1) is 12.2 Å². The molecule has 7 nitrogen and oxygen atoms in total. The molecule has 1 aromatic heterocycles. The SMILES string of the molecule is CN=C(NCCC(=O)Nc1ccc(Br)cc1C)NCc1cc(C(C)C)no1.I. The van der Waals surface area contributed by atoms with Gasteiger partial charge in [0.25, 0.3) is 0 Å². The molecule has 1 heterocycles. The van der Waals surface area contributed by atoms with Crippen LogP contribution in [-0.4, -0.2) is 30.6 Å². The Hall–Kier alpha value is -1.62.